The summed E-state index contributed by atoms with van der Waals surface area (Å²) in [5.41, 5.74) is 4.24. The molecule has 164 valence electrons. The highest BCUT2D eigenvalue weighted by atomic mass is 35.5. The second-order valence-corrected chi connectivity index (χ2v) is 6.51. The lowest BCUT2D eigenvalue weighted by Gasteiger charge is -2.16. The van der Waals surface area contributed by atoms with Gasteiger partial charge in [0.2, 0.25) is 5.88 Å². The monoisotopic (exact) mass is 451 g/mol. The van der Waals surface area contributed by atoms with E-state index in [1.807, 2.05) is 0 Å². The molecule has 1 saturated heterocycles. The molecule has 0 bridgehead atoms. The molecule has 1 aliphatic rings. The summed E-state index contributed by atoms with van der Waals surface area (Å²) in [6, 6.07) is 5.33. The minimum atomic E-state index is -4.72. The smallest absolute Gasteiger partial charge is 0.433 e. The van der Waals surface area contributed by atoms with E-state index >= 15 is 0 Å². The molecule has 1 amide bonds. The number of phenols is 1. The van der Waals surface area contributed by atoms with Gasteiger partial charge in [-0.3, -0.25) is 4.79 Å². The van der Waals surface area contributed by atoms with Gasteiger partial charge in [-0.2, -0.15) is 13.2 Å². The van der Waals surface area contributed by atoms with Gasteiger partial charge in [0, 0.05) is 30.8 Å². The van der Waals surface area contributed by atoms with Crippen LogP contribution in [-0.4, -0.2) is 51.4 Å². The van der Waals surface area contributed by atoms with E-state index < -0.39 is 41.7 Å². The first kappa shape index (κ1) is 23.6. The van der Waals surface area contributed by atoms with Crippen LogP contribution in [0.4, 0.5) is 17.6 Å². The van der Waals surface area contributed by atoms with E-state index in [9.17, 15) is 32.6 Å². The highest BCUT2D eigenvalue weighted by Gasteiger charge is 2.35. The predicted octanol–water partition coefficient (Wildman–Crippen LogP) is 2.63. The van der Waals surface area contributed by atoms with E-state index in [-0.39, 0.29) is 48.9 Å². The van der Waals surface area contributed by atoms with Gasteiger partial charge in [0.15, 0.2) is 0 Å². The number of alkyl halides is 4. The number of nitrogens with zero attached hydrogens (tertiary/aromatic N) is 2. The Hall–Kier alpha value is -2.63. The number of phenolic OH excluding ortho intramolecular Hbond substituents is 1. The fraction of sp³-hybridized carbons (Fsp3) is 0.333. The fourth-order valence-electron chi connectivity index (χ4n) is 2.86. The molecule has 2 heterocycles. The molecule has 7 nitrogen and oxygen atoms in total. The highest BCUT2D eigenvalue weighted by Crippen LogP contribution is 2.32. The van der Waals surface area contributed by atoms with E-state index in [0.717, 1.165) is 23.1 Å². The van der Waals surface area contributed by atoms with Gasteiger partial charge in [-0.05, 0) is 23.8 Å². The number of rotatable bonds is 4. The summed E-state index contributed by atoms with van der Waals surface area (Å²) in [4.78, 5) is 16.9. The number of amides is 1. The van der Waals surface area contributed by atoms with E-state index in [1.165, 1.54) is 12.1 Å². The van der Waals surface area contributed by atoms with Gasteiger partial charge in [-0.25, -0.2) is 9.37 Å². The molecule has 12 heteroatoms. The quantitative estimate of drug-likeness (QED) is 0.617. The third-order valence-corrected chi connectivity index (χ3v) is 4.26. The van der Waals surface area contributed by atoms with E-state index in [2.05, 4.69) is 4.98 Å². The molecule has 0 unspecified atom stereocenters. The molecule has 2 aromatic rings. The summed E-state index contributed by atoms with van der Waals surface area (Å²) >= 11 is 0. The number of halogens is 5. The molecule has 0 saturated carbocycles. The molecule has 1 aromatic carbocycles. The molecule has 0 spiro atoms. The Morgan fingerprint density at radius 3 is 2.50 bits per heavy atom. The zero-order chi connectivity index (χ0) is 21.3. The first-order valence-electron chi connectivity index (χ1n) is 8.48. The van der Waals surface area contributed by atoms with E-state index in [0.29, 0.717) is 0 Å². The van der Waals surface area contributed by atoms with Gasteiger partial charge in [-0.1, -0.05) is 0 Å². The van der Waals surface area contributed by atoms with Crippen molar-refractivity contribution in [3.05, 3.63) is 47.2 Å². The van der Waals surface area contributed by atoms with Crippen LogP contribution in [0.25, 0.3) is 0 Å². The highest BCUT2D eigenvalue weighted by molar-refractivity contribution is 5.95. The van der Waals surface area contributed by atoms with Gasteiger partial charge in [-0.15, -0.1) is 12.4 Å². The van der Waals surface area contributed by atoms with Gasteiger partial charge >= 0.3 is 6.18 Å². The van der Waals surface area contributed by atoms with Crippen LogP contribution in [0.5, 0.6) is 17.4 Å². The number of ether oxygens (including phenoxy) is 1. The molecule has 1 aromatic heterocycles. The number of aromatic nitrogens is 1. The molecule has 1 aliphatic heterocycles. The van der Waals surface area contributed by atoms with Crippen molar-refractivity contribution < 1.29 is 37.3 Å². The van der Waals surface area contributed by atoms with Crippen molar-refractivity contribution >= 4 is 18.3 Å². The zero-order valence-corrected chi connectivity index (χ0v) is 16.1. The third-order valence-electron chi connectivity index (χ3n) is 4.26. The third kappa shape index (κ3) is 5.29. The summed E-state index contributed by atoms with van der Waals surface area (Å²) in [7, 11) is 0. The Balaban J connectivity index is 0.00000320. The minimum absolute atomic E-state index is 0. The Morgan fingerprint density at radius 2 is 1.93 bits per heavy atom. The summed E-state index contributed by atoms with van der Waals surface area (Å²) in [6.07, 6.45) is -7.62. The lowest BCUT2D eigenvalue weighted by atomic mass is 10.1. The number of benzene rings is 1. The number of aliphatic hydroxyl groups excluding tert-OH is 1. The molecule has 0 aliphatic carbocycles. The number of nitrogens with two attached hydrogens (primary N) is 1. The van der Waals surface area contributed by atoms with Crippen molar-refractivity contribution in [2.45, 2.75) is 25.0 Å². The van der Waals surface area contributed by atoms with Crippen LogP contribution >= 0.6 is 12.4 Å². The molecular formula is C18H18ClF4N3O4. The van der Waals surface area contributed by atoms with Gasteiger partial charge in [0.25, 0.3) is 5.91 Å². The first-order chi connectivity index (χ1) is 13.6. The van der Waals surface area contributed by atoms with Crippen LogP contribution in [-0.2, 0) is 12.7 Å². The van der Waals surface area contributed by atoms with Crippen molar-refractivity contribution in [3.8, 4) is 17.4 Å². The number of hydrogen-bond donors (Lipinski definition) is 3. The summed E-state index contributed by atoms with van der Waals surface area (Å²) in [6.45, 7) is -0.727. The summed E-state index contributed by atoms with van der Waals surface area (Å²) in [5.74, 6) is -1.65. The average Bonchev–Trinajstić information content (AvgIpc) is 2.98. The second-order valence-electron chi connectivity index (χ2n) is 6.51. The number of aromatic hydroxyl groups is 1. The average molecular weight is 452 g/mol. The summed E-state index contributed by atoms with van der Waals surface area (Å²) in [5, 5.41) is 19.3. The normalized spacial score (nSPS) is 18.8. The Labute approximate surface area is 174 Å². The molecule has 30 heavy (non-hydrogen) atoms. The number of carbonyl (C=O) groups excluding carboxylic acids is 1. The maximum Gasteiger partial charge on any atom is 0.433 e. The van der Waals surface area contributed by atoms with Crippen LogP contribution in [0, 0.1) is 0 Å². The van der Waals surface area contributed by atoms with E-state index in [4.69, 9.17) is 10.5 Å². The number of carbonyl (C=O) groups is 1. The van der Waals surface area contributed by atoms with Crippen molar-refractivity contribution in [1.82, 2.24) is 9.88 Å². The lowest BCUT2D eigenvalue weighted by Crippen LogP contribution is -2.29. The maximum atomic E-state index is 13.5. The first-order valence-corrected chi connectivity index (χ1v) is 8.48. The van der Waals surface area contributed by atoms with E-state index in [1.54, 1.807) is 0 Å². The molecular weight excluding hydrogens is 434 g/mol. The number of hydrogen-bond acceptors (Lipinski definition) is 6. The van der Waals surface area contributed by atoms with Gasteiger partial charge in [0.05, 0.1) is 6.54 Å². The van der Waals surface area contributed by atoms with Crippen LogP contribution in [0.15, 0.2) is 30.3 Å². The largest absolute Gasteiger partial charge is 0.508 e. The number of aliphatic hydroxyl groups is 1. The number of β-amino-alcohol motifs (C(OH)–C–C–N with tert-alkyl or cyclic N) is 1. The minimum Gasteiger partial charge on any atom is -0.508 e. The molecule has 3 rings (SSSR count). The Bertz CT molecular complexity index is 919. The predicted molar refractivity (Wildman–Crippen MR) is 99.4 cm³/mol. The molecule has 0 radical (unpaired) electrons. The SMILES string of the molecule is Cl.NCc1cc(Oc2cc(O)cc(C(=O)N3C[C@H](O)[C@@H](F)C3)c2)nc(C(F)(F)F)c1. The number of pyridine rings is 1. The molecule has 1 fully saturated rings. The van der Waals surface area contributed by atoms with Gasteiger partial charge in [0.1, 0.15) is 29.5 Å². The Kier molecular flexibility index (Phi) is 7.11. The van der Waals surface area contributed by atoms with Crippen LogP contribution < -0.4 is 10.5 Å². The zero-order valence-electron chi connectivity index (χ0n) is 15.3. The van der Waals surface area contributed by atoms with Crippen molar-refractivity contribution in [2.24, 2.45) is 5.73 Å². The van der Waals surface area contributed by atoms with Crippen molar-refractivity contribution in [1.29, 1.82) is 0 Å². The van der Waals surface area contributed by atoms with Crippen LogP contribution in [0.1, 0.15) is 21.6 Å². The van der Waals surface area contributed by atoms with Gasteiger partial charge < -0.3 is 25.6 Å². The van der Waals surface area contributed by atoms with Crippen molar-refractivity contribution in [2.75, 3.05) is 13.1 Å². The van der Waals surface area contributed by atoms with Crippen LogP contribution in [0.2, 0.25) is 0 Å². The second kappa shape index (κ2) is 9.02. The van der Waals surface area contributed by atoms with Crippen LogP contribution in [0.3, 0.4) is 0 Å². The lowest BCUT2D eigenvalue weighted by molar-refractivity contribution is -0.141. The maximum absolute atomic E-state index is 13.5. The summed E-state index contributed by atoms with van der Waals surface area (Å²) < 4.78 is 57.8. The van der Waals surface area contributed by atoms with Crippen molar-refractivity contribution in [3.63, 3.8) is 0 Å². The Morgan fingerprint density at radius 1 is 1.23 bits per heavy atom. The molecule has 4 N–H and O–H groups in total. The fourth-order valence-corrected chi connectivity index (χ4v) is 2.86. The molecule has 2 atom stereocenters. The topological polar surface area (TPSA) is 109 Å². The standard InChI is InChI=1S/C18H17F4N3O4.ClH/c19-13-7-25(8-14(13)27)17(28)10-3-11(26)5-12(4-10)29-16-2-9(6-23)1-15(24-16)18(20,21)22;/h1-5,13-14,26-27H,6-8,23H2;1H/t13-,14-;/m0./s1. The number of likely N-dealkylation sites (tertiary alicyclic amines) is 1.